The molecule has 0 aromatic carbocycles. The number of nitrogens with zero attached hydrogens (tertiary/aromatic N) is 2. The fourth-order valence-corrected chi connectivity index (χ4v) is 2.05. The molecular weight excluding hydrogens is 216 g/mol. The van der Waals surface area contributed by atoms with Crippen LogP contribution in [0.4, 0.5) is 0 Å². The van der Waals surface area contributed by atoms with E-state index >= 15 is 0 Å². The molecule has 0 saturated carbocycles. The van der Waals surface area contributed by atoms with Crippen molar-refractivity contribution in [1.29, 1.82) is 0 Å². The van der Waals surface area contributed by atoms with Gasteiger partial charge in [0, 0.05) is 19.1 Å². The molecule has 0 atom stereocenters. The number of thioether (sulfide) groups is 1. The van der Waals surface area contributed by atoms with E-state index < -0.39 is 0 Å². The summed E-state index contributed by atoms with van der Waals surface area (Å²) in [5.41, 5.74) is 0. The molecule has 1 aliphatic heterocycles. The summed E-state index contributed by atoms with van der Waals surface area (Å²) in [5.74, 6) is 1.47. The molecule has 0 aliphatic carbocycles. The minimum absolute atomic E-state index is 0.0599. The highest BCUT2D eigenvalue weighted by Gasteiger charge is 2.14. The quantitative estimate of drug-likeness (QED) is 0.733. The van der Waals surface area contributed by atoms with Crippen molar-refractivity contribution in [1.82, 2.24) is 10.2 Å². The van der Waals surface area contributed by atoms with E-state index in [1.54, 1.807) is 6.92 Å². The fourth-order valence-electron chi connectivity index (χ4n) is 1.28. The Labute approximate surface area is 92.5 Å². The zero-order valence-corrected chi connectivity index (χ0v) is 9.46. The predicted molar refractivity (Wildman–Crippen MR) is 54.7 cm³/mol. The maximum absolute atomic E-state index is 5.42. The van der Waals surface area contributed by atoms with E-state index in [1.807, 2.05) is 0 Å². The summed E-state index contributed by atoms with van der Waals surface area (Å²) >= 11 is 1.53. The lowest BCUT2D eigenvalue weighted by Crippen LogP contribution is -2.25. The van der Waals surface area contributed by atoms with Crippen LogP contribution in [0.25, 0.3) is 0 Å². The zero-order valence-electron chi connectivity index (χ0n) is 8.64. The summed E-state index contributed by atoms with van der Waals surface area (Å²) in [5, 5.41) is 8.26. The molecule has 2 rings (SSSR count). The van der Waals surface area contributed by atoms with Crippen LogP contribution in [0.3, 0.4) is 0 Å². The molecule has 84 valence electrons. The van der Waals surface area contributed by atoms with Gasteiger partial charge in [-0.3, -0.25) is 0 Å². The summed E-state index contributed by atoms with van der Waals surface area (Å²) in [6, 6.07) is 0. The Balaban J connectivity index is 1.65. The van der Waals surface area contributed by atoms with E-state index in [1.165, 1.54) is 11.8 Å². The largest absolute Gasteiger partial charge is 0.416 e. The molecule has 6 heteroatoms. The predicted octanol–water partition coefficient (Wildman–Crippen LogP) is 1.62. The number of hydrogen-bond donors (Lipinski definition) is 0. The minimum atomic E-state index is -0.0599. The van der Waals surface area contributed by atoms with E-state index in [0.717, 1.165) is 31.8 Å². The average molecular weight is 230 g/mol. The number of aromatic nitrogens is 2. The topological polar surface area (TPSA) is 57.4 Å². The Hall–Kier alpha value is -0.590. The summed E-state index contributed by atoms with van der Waals surface area (Å²) in [4.78, 5) is 0. The second-order valence-corrected chi connectivity index (χ2v) is 4.29. The van der Waals surface area contributed by atoms with Crippen LogP contribution < -0.4 is 0 Å². The van der Waals surface area contributed by atoms with E-state index in [2.05, 4.69) is 10.2 Å². The van der Waals surface area contributed by atoms with Crippen LogP contribution in [-0.4, -0.2) is 35.5 Å². The lowest BCUT2D eigenvalue weighted by Gasteiger charge is -2.22. The van der Waals surface area contributed by atoms with Gasteiger partial charge in [0.25, 0.3) is 5.22 Å². The molecule has 0 unspecified atom stereocenters. The molecule has 1 aromatic heterocycles. The number of rotatable bonds is 4. The lowest BCUT2D eigenvalue weighted by molar-refractivity contribution is -0.178. The summed E-state index contributed by atoms with van der Waals surface area (Å²) in [6.07, 6.45) is 1.79. The molecular formula is C9H14N2O3S. The van der Waals surface area contributed by atoms with Crippen LogP contribution in [-0.2, 0) is 9.47 Å². The third-order valence-electron chi connectivity index (χ3n) is 1.98. The molecule has 0 amide bonds. The minimum Gasteiger partial charge on any atom is -0.416 e. The highest BCUT2D eigenvalue weighted by Crippen LogP contribution is 2.19. The second kappa shape index (κ2) is 5.48. The summed E-state index contributed by atoms with van der Waals surface area (Å²) < 4.78 is 16.1. The molecule has 2 heterocycles. The van der Waals surface area contributed by atoms with Gasteiger partial charge in [0.1, 0.15) is 0 Å². The Kier molecular flexibility index (Phi) is 3.99. The molecule has 1 saturated heterocycles. The first-order valence-corrected chi connectivity index (χ1v) is 5.99. The standard InChI is InChI=1S/C9H14N2O3S/c1-7-10-11-9(14-7)15-6-3-8-12-4-2-5-13-8/h8H,2-6H2,1H3. The van der Waals surface area contributed by atoms with Crippen LogP contribution in [0, 0.1) is 6.92 Å². The van der Waals surface area contributed by atoms with Crippen LogP contribution in [0.5, 0.6) is 0 Å². The first-order chi connectivity index (χ1) is 7.34. The normalized spacial score (nSPS) is 18.2. The van der Waals surface area contributed by atoms with Crippen LogP contribution in [0.1, 0.15) is 18.7 Å². The third kappa shape index (κ3) is 3.48. The Morgan fingerprint density at radius 1 is 1.33 bits per heavy atom. The molecule has 1 aliphatic rings. The summed E-state index contributed by atoms with van der Waals surface area (Å²) in [6.45, 7) is 3.38. The van der Waals surface area contributed by atoms with Crippen molar-refractivity contribution in [2.45, 2.75) is 31.3 Å². The van der Waals surface area contributed by atoms with Crippen molar-refractivity contribution in [3.63, 3.8) is 0 Å². The van der Waals surface area contributed by atoms with Crippen LogP contribution in [0.15, 0.2) is 9.64 Å². The lowest BCUT2D eigenvalue weighted by atomic mass is 10.4. The molecule has 15 heavy (non-hydrogen) atoms. The van der Waals surface area contributed by atoms with Crippen molar-refractivity contribution >= 4 is 11.8 Å². The van der Waals surface area contributed by atoms with Crippen molar-refractivity contribution in [3.8, 4) is 0 Å². The molecule has 5 nitrogen and oxygen atoms in total. The van der Waals surface area contributed by atoms with Crippen LogP contribution in [0.2, 0.25) is 0 Å². The zero-order chi connectivity index (χ0) is 10.5. The van der Waals surface area contributed by atoms with Gasteiger partial charge in [0.2, 0.25) is 5.89 Å². The van der Waals surface area contributed by atoms with Gasteiger partial charge in [0.15, 0.2) is 6.29 Å². The van der Waals surface area contributed by atoms with Crippen molar-refractivity contribution in [3.05, 3.63) is 5.89 Å². The van der Waals surface area contributed by atoms with E-state index in [9.17, 15) is 0 Å². The summed E-state index contributed by atoms with van der Waals surface area (Å²) in [7, 11) is 0. The molecule has 1 fully saturated rings. The van der Waals surface area contributed by atoms with Gasteiger partial charge in [-0.25, -0.2) is 0 Å². The van der Waals surface area contributed by atoms with E-state index in [4.69, 9.17) is 13.9 Å². The molecule has 0 N–H and O–H groups in total. The van der Waals surface area contributed by atoms with Gasteiger partial charge >= 0.3 is 0 Å². The van der Waals surface area contributed by atoms with Gasteiger partial charge in [-0.05, 0) is 6.42 Å². The Morgan fingerprint density at radius 3 is 2.80 bits per heavy atom. The molecule has 0 spiro atoms. The molecule has 0 bridgehead atoms. The van der Waals surface area contributed by atoms with E-state index in [-0.39, 0.29) is 6.29 Å². The smallest absolute Gasteiger partial charge is 0.276 e. The third-order valence-corrected chi connectivity index (χ3v) is 2.83. The highest BCUT2D eigenvalue weighted by molar-refractivity contribution is 7.99. The number of aryl methyl sites for hydroxylation is 1. The number of hydrogen-bond acceptors (Lipinski definition) is 6. The second-order valence-electron chi connectivity index (χ2n) is 3.25. The fraction of sp³-hybridized carbons (Fsp3) is 0.778. The van der Waals surface area contributed by atoms with Gasteiger partial charge in [-0.2, -0.15) is 0 Å². The Bertz CT molecular complexity index is 299. The molecule has 0 radical (unpaired) electrons. The van der Waals surface area contributed by atoms with Crippen molar-refractivity contribution in [2.75, 3.05) is 19.0 Å². The number of ether oxygens (including phenoxy) is 2. The van der Waals surface area contributed by atoms with Crippen molar-refractivity contribution < 1.29 is 13.9 Å². The van der Waals surface area contributed by atoms with Gasteiger partial charge in [0.05, 0.1) is 13.2 Å². The first kappa shape index (κ1) is 10.9. The average Bonchev–Trinajstić information content (AvgIpc) is 2.66. The van der Waals surface area contributed by atoms with Gasteiger partial charge in [-0.15, -0.1) is 10.2 Å². The van der Waals surface area contributed by atoms with Gasteiger partial charge < -0.3 is 13.9 Å². The van der Waals surface area contributed by atoms with Crippen molar-refractivity contribution in [2.24, 2.45) is 0 Å². The maximum atomic E-state index is 5.42. The maximum Gasteiger partial charge on any atom is 0.276 e. The van der Waals surface area contributed by atoms with Gasteiger partial charge in [-0.1, -0.05) is 11.8 Å². The monoisotopic (exact) mass is 230 g/mol. The van der Waals surface area contributed by atoms with E-state index in [0.29, 0.717) is 11.1 Å². The first-order valence-electron chi connectivity index (χ1n) is 5.01. The van der Waals surface area contributed by atoms with Crippen LogP contribution >= 0.6 is 11.8 Å². The molecule has 1 aromatic rings. The Morgan fingerprint density at radius 2 is 2.13 bits per heavy atom. The SMILES string of the molecule is Cc1nnc(SCCC2OCCCO2)o1. The highest BCUT2D eigenvalue weighted by atomic mass is 32.2.